The highest BCUT2D eigenvalue weighted by atomic mass is 16.5. The SMILES string of the molecule is CCCCC/C=C/C=C/C=C/C=C/CCCCCCCC(=O)OC(CCCCCCCCCCC)CC(=O)NC(CO)C(O)CCCCCCCCCCCCCCC. The fourth-order valence-corrected chi connectivity index (χ4v) is 7.62. The number of carbonyl (C=O) groups excluding carboxylic acids is 2. The van der Waals surface area contributed by atoms with Crippen LogP contribution in [0.15, 0.2) is 48.6 Å². The summed E-state index contributed by atoms with van der Waals surface area (Å²) in [6.45, 7) is 6.43. The molecule has 0 heterocycles. The van der Waals surface area contributed by atoms with Gasteiger partial charge in [0.25, 0.3) is 0 Å². The molecule has 0 aliphatic heterocycles. The van der Waals surface area contributed by atoms with E-state index in [-0.39, 0.29) is 24.9 Å². The molecule has 0 aromatic carbocycles. The smallest absolute Gasteiger partial charge is 0.306 e. The maximum Gasteiger partial charge on any atom is 0.306 e. The molecule has 0 bridgehead atoms. The Bertz CT molecular complexity index is 1020. The number of hydrogen-bond acceptors (Lipinski definition) is 5. The van der Waals surface area contributed by atoms with Crippen LogP contribution in [0.1, 0.15) is 252 Å². The normalized spacial score (nSPS) is 13.6. The predicted octanol–water partition coefficient (Wildman–Crippen LogP) is 15.1. The lowest BCUT2D eigenvalue weighted by atomic mass is 10.0. The Morgan fingerprint density at radius 2 is 0.864 bits per heavy atom. The summed E-state index contributed by atoms with van der Waals surface area (Å²) in [5.74, 6) is -0.496. The lowest BCUT2D eigenvalue weighted by molar-refractivity contribution is -0.151. The molecule has 3 unspecified atom stereocenters. The molecule has 0 saturated heterocycles. The third kappa shape index (κ3) is 42.3. The lowest BCUT2D eigenvalue weighted by Gasteiger charge is -2.24. The first-order valence-corrected chi connectivity index (χ1v) is 25.4. The molecule has 6 heteroatoms. The molecule has 59 heavy (non-hydrogen) atoms. The average Bonchev–Trinajstić information content (AvgIpc) is 3.23. The Kier molecular flexibility index (Phi) is 45.1. The molecule has 3 atom stereocenters. The number of aliphatic hydroxyl groups excluding tert-OH is 2. The molecule has 344 valence electrons. The van der Waals surface area contributed by atoms with Crippen LogP contribution in [0.4, 0.5) is 0 Å². The van der Waals surface area contributed by atoms with Gasteiger partial charge < -0.3 is 20.3 Å². The molecular formula is C53H97NO5. The van der Waals surface area contributed by atoms with Gasteiger partial charge in [0.05, 0.1) is 25.2 Å². The minimum absolute atomic E-state index is 0.0693. The number of ether oxygens (including phenoxy) is 1. The van der Waals surface area contributed by atoms with Crippen molar-refractivity contribution < 1.29 is 24.5 Å². The maximum absolute atomic E-state index is 13.2. The Morgan fingerprint density at radius 1 is 0.492 bits per heavy atom. The van der Waals surface area contributed by atoms with Gasteiger partial charge in [-0.1, -0.05) is 236 Å². The van der Waals surface area contributed by atoms with E-state index in [0.717, 1.165) is 83.5 Å². The van der Waals surface area contributed by atoms with Gasteiger partial charge in [0.2, 0.25) is 5.91 Å². The van der Waals surface area contributed by atoms with Crippen molar-refractivity contribution in [3.05, 3.63) is 48.6 Å². The van der Waals surface area contributed by atoms with E-state index in [1.54, 1.807) is 0 Å². The number of amides is 1. The summed E-state index contributed by atoms with van der Waals surface area (Å²) in [4.78, 5) is 26.1. The van der Waals surface area contributed by atoms with Crippen molar-refractivity contribution in [2.24, 2.45) is 0 Å². The van der Waals surface area contributed by atoms with Gasteiger partial charge in [0.1, 0.15) is 6.10 Å². The molecule has 0 spiro atoms. The van der Waals surface area contributed by atoms with Gasteiger partial charge in [0.15, 0.2) is 0 Å². The van der Waals surface area contributed by atoms with E-state index < -0.39 is 18.2 Å². The van der Waals surface area contributed by atoms with Crippen molar-refractivity contribution >= 4 is 11.9 Å². The molecule has 0 rings (SSSR count). The van der Waals surface area contributed by atoms with Crippen LogP contribution in [-0.2, 0) is 14.3 Å². The number of carbonyl (C=O) groups is 2. The predicted molar refractivity (Wildman–Crippen MR) is 255 cm³/mol. The van der Waals surface area contributed by atoms with E-state index in [9.17, 15) is 19.8 Å². The van der Waals surface area contributed by atoms with Gasteiger partial charge in [-0.05, 0) is 51.4 Å². The van der Waals surface area contributed by atoms with Crippen molar-refractivity contribution in [1.82, 2.24) is 5.32 Å². The third-order valence-corrected chi connectivity index (χ3v) is 11.5. The Balaban J connectivity index is 4.51. The largest absolute Gasteiger partial charge is 0.462 e. The quantitative estimate of drug-likeness (QED) is 0.0323. The molecular weight excluding hydrogens is 731 g/mol. The molecule has 1 amide bonds. The van der Waals surface area contributed by atoms with Crippen molar-refractivity contribution in [3.8, 4) is 0 Å². The zero-order chi connectivity index (χ0) is 43.1. The number of unbranched alkanes of at least 4 members (excludes halogenated alkanes) is 28. The number of nitrogens with one attached hydrogen (secondary N) is 1. The summed E-state index contributed by atoms with van der Waals surface area (Å²) in [7, 11) is 0. The zero-order valence-corrected chi connectivity index (χ0v) is 39.1. The average molecular weight is 828 g/mol. The number of esters is 1. The minimum atomic E-state index is -0.789. The van der Waals surface area contributed by atoms with E-state index in [1.165, 1.54) is 122 Å². The van der Waals surface area contributed by atoms with Gasteiger partial charge >= 0.3 is 5.97 Å². The summed E-state index contributed by atoms with van der Waals surface area (Å²) in [5.41, 5.74) is 0. The van der Waals surface area contributed by atoms with Crippen LogP contribution in [0.2, 0.25) is 0 Å². The molecule has 6 nitrogen and oxygen atoms in total. The van der Waals surface area contributed by atoms with Gasteiger partial charge in [-0.3, -0.25) is 9.59 Å². The summed E-state index contributed by atoms with van der Waals surface area (Å²) in [6.07, 6.45) is 55.9. The second-order valence-electron chi connectivity index (χ2n) is 17.3. The Morgan fingerprint density at radius 3 is 1.34 bits per heavy atom. The lowest BCUT2D eigenvalue weighted by Crippen LogP contribution is -2.46. The van der Waals surface area contributed by atoms with E-state index >= 15 is 0 Å². The Labute approximate surface area is 366 Å². The van der Waals surface area contributed by atoms with Crippen molar-refractivity contribution in [3.63, 3.8) is 0 Å². The van der Waals surface area contributed by atoms with Crippen LogP contribution in [0, 0.1) is 0 Å². The molecule has 0 aromatic heterocycles. The first-order valence-electron chi connectivity index (χ1n) is 25.4. The van der Waals surface area contributed by atoms with Gasteiger partial charge in [-0.25, -0.2) is 0 Å². The molecule has 0 fully saturated rings. The standard InChI is InChI=1S/C53H97NO5/c1-4-7-10-13-16-19-21-23-24-25-26-27-29-31-34-37-40-43-46-53(58)59-49(44-41-38-35-32-18-15-12-9-6-3)47-52(57)54-50(48-55)51(56)45-42-39-36-33-30-28-22-20-17-14-11-8-5-2/h16,19,21,23-27,49-51,55-56H,4-15,17-18,20,22,28-48H2,1-3H3,(H,54,57)/b19-16+,23-21+,25-24+,27-26+. The highest BCUT2D eigenvalue weighted by molar-refractivity contribution is 5.77. The highest BCUT2D eigenvalue weighted by Gasteiger charge is 2.24. The molecule has 0 saturated carbocycles. The summed E-state index contributed by atoms with van der Waals surface area (Å²) in [5, 5.41) is 23.7. The van der Waals surface area contributed by atoms with Crippen LogP contribution >= 0.6 is 0 Å². The van der Waals surface area contributed by atoms with Crippen molar-refractivity contribution in [2.45, 2.75) is 270 Å². The number of rotatable bonds is 45. The molecule has 0 aromatic rings. The van der Waals surface area contributed by atoms with Crippen LogP contribution in [0.3, 0.4) is 0 Å². The highest BCUT2D eigenvalue weighted by Crippen LogP contribution is 2.18. The van der Waals surface area contributed by atoms with Crippen molar-refractivity contribution in [1.29, 1.82) is 0 Å². The van der Waals surface area contributed by atoms with E-state index in [0.29, 0.717) is 19.3 Å². The maximum atomic E-state index is 13.2. The summed E-state index contributed by atoms with van der Waals surface area (Å²) >= 11 is 0. The zero-order valence-electron chi connectivity index (χ0n) is 39.1. The molecule has 0 aliphatic rings. The monoisotopic (exact) mass is 828 g/mol. The first-order chi connectivity index (χ1) is 29.0. The molecule has 0 aliphatic carbocycles. The van der Waals surface area contributed by atoms with Crippen LogP contribution in [0.25, 0.3) is 0 Å². The second-order valence-corrected chi connectivity index (χ2v) is 17.3. The summed E-state index contributed by atoms with van der Waals surface area (Å²) < 4.78 is 5.91. The number of allylic oxidation sites excluding steroid dienone is 8. The van der Waals surface area contributed by atoms with E-state index in [4.69, 9.17) is 4.74 Å². The number of aliphatic hydroxyl groups is 2. The Hall–Kier alpha value is -2.18. The minimum Gasteiger partial charge on any atom is -0.462 e. The second kappa shape index (κ2) is 46.9. The van der Waals surface area contributed by atoms with Gasteiger partial charge in [-0.2, -0.15) is 0 Å². The third-order valence-electron chi connectivity index (χ3n) is 11.5. The molecule has 3 N–H and O–H groups in total. The fourth-order valence-electron chi connectivity index (χ4n) is 7.62. The van der Waals surface area contributed by atoms with Gasteiger partial charge in [-0.15, -0.1) is 0 Å². The molecule has 0 radical (unpaired) electrons. The van der Waals surface area contributed by atoms with Crippen LogP contribution < -0.4 is 5.32 Å². The fraction of sp³-hybridized carbons (Fsp3) is 0.811. The summed E-state index contributed by atoms with van der Waals surface area (Å²) in [6, 6.07) is -0.703. The first kappa shape index (κ1) is 56.8. The van der Waals surface area contributed by atoms with Crippen LogP contribution in [-0.4, -0.2) is 46.9 Å². The van der Waals surface area contributed by atoms with Crippen LogP contribution in [0.5, 0.6) is 0 Å². The van der Waals surface area contributed by atoms with E-state index in [1.807, 2.05) is 0 Å². The topological polar surface area (TPSA) is 95.9 Å². The van der Waals surface area contributed by atoms with Gasteiger partial charge in [0, 0.05) is 6.42 Å². The van der Waals surface area contributed by atoms with E-state index in [2.05, 4.69) is 74.7 Å². The number of hydrogen-bond donors (Lipinski definition) is 3. The van der Waals surface area contributed by atoms with Crippen molar-refractivity contribution in [2.75, 3.05) is 6.61 Å².